The van der Waals surface area contributed by atoms with Crippen LogP contribution in [0.3, 0.4) is 0 Å². The molecule has 0 saturated carbocycles. The number of aromatic nitrogens is 2. The quantitative estimate of drug-likeness (QED) is 0.790. The van der Waals surface area contributed by atoms with E-state index in [0.717, 1.165) is 16.6 Å². The van der Waals surface area contributed by atoms with E-state index in [0.29, 0.717) is 11.3 Å². The molecule has 0 aliphatic rings. The van der Waals surface area contributed by atoms with Crippen molar-refractivity contribution in [3.63, 3.8) is 0 Å². The molecule has 5 nitrogen and oxygen atoms in total. The van der Waals surface area contributed by atoms with Gasteiger partial charge in [-0.05, 0) is 48.9 Å². The van der Waals surface area contributed by atoms with Gasteiger partial charge >= 0.3 is 5.69 Å². The maximum absolute atomic E-state index is 12.9. The first-order valence-electron chi connectivity index (χ1n) is 7.11. The van der Waals surface area contributed by atoms with Crippen molar-refractivity contribution in [2.45, 2.75) is 6.92 Å². The summed E-state index contributed by atoms with van der Waals surface area (Å²) in [5.74, 6) is -0.716. The number of carbonyl (C=O) groups excluding carboxylic acids is 1. The van der Waals surface area contributed by atoms with Crippen molar-refractivity contribution >= 4 is 22.6 Å². The standard InChI is InChI=1S/C17H16FN3O2/c1-10-8-14-15(21(3)17(23)20(14)2)9-13(10)19-16(22)11-4-6-12(18)7-5-11/h4-9H,1-3H3,(H,19,22). The van der Waals surface area contributed by atoms with E-state index in [1.165, 1.54) is 28.8 Å². The van der Waals surface area contributed by atoms with Crippen molar-refractivity contribution in [2.24, 2.45) is 14.1 Å². The highest BCUT2D eigenvalue weighted by molar-refractivity contribution is 6.05. The molecule has 6 heteroatoms. The number of fused-ring (bicyclic) bond motifs is 1. The van der Waals surface area contributed by atoms with Gasteiger partial charge in [-0.2, -0.15) is 0 Å². The Bertz CT molecular complexity index is 968. The summed E-state index contributed by atoms with van der Waals surface area (Å²) in [6, 6.07) is 8.97. The summed E-state index contributed by atoms with van der Waals surface area (Å²) in [7, 11) is 3.40. The van der Waals surface area contributed by atoms with Crippen LogP contribution in [-0.4, -0.2) is 15.0 Å². The number of nitrogens with one attached hydrogen (secondary N) is 1. The molecule has 3 aromatic rings. The minimum atomic E-state index is -0.390. The number of anilines is 1. The number of hydrogen-bond acceptors (Lipinski definition) is 2. The van der Waals surface area contributed by atoms with E-state index in [4.69, 9.17) is 0 Å². The maximum Gasteiger partial charge on any atom is 0.328 e. The number of rotatable bonds is 2. The fourth-order valence-electron chi connectivity index (χ4n) is 2.58. The van der Waals surface area contributed by atoms with E-state index < -0.39 is 5.82 Å². The zero-order valence-corrected chi connectivity index (χ0v) is 13.1. The van der Waals surface area contributed by atoms with Crippen molar-refractivity contribution in [1.29, 1.82) is 0 Å². The van der Waals surface area contributed by atoms with Crippen LogP contribution < -0.4 is 11.0 Å². The molecule has 0 aliphatic heterocycles. The van der Waals surface area contributed by atoms with E-state index in [9.17, 15) is 14.0 Å². The summed E-state index contributed by atoms with van der Waals surface area (Å²) in [5.41, 5.74) is 3.24. The minimum Gasteiger partial charge on any atom is -0.322 e. The molecule has 1 aromatic heterocycles. The first kappa shape index (κ1) is 15.0. The van der Waals surface area contributed by atoms with Crippen LogP contribution in [0.1, 0.15) is 15.9 Å². The van der Waals surface area contributed by atoms with Gasteiger partial charge in [-0.3, -0.25) is 13.9 Å². The topological polar surface area (TPSA) is 56.0 Å². The monoisotopic (exact) mass is 313 g/mol. The van der Waals surface area contributed by atoms with Gasteiger partial charge in [0.1, 0.15) is 5.82 Å². The van der Waals surface area contributed by atoms with Gasteiger partial charge < -0.3 is 5.32 Å². The van der Waals surface area contributed by atoms with Gasteiger partial charge in [-0.15, -0.1) is 0 Å². The molecule has 2 aromatic carbocycles. The van der Waals surface area contributed by atoms with Gasteiger partial charge in [-0.25, -0.2) is 9.18 Å². The highest BCUT2D eigenvalue weighted by atomic mass is 19.1. The first-order valence-corrected chi connectivity index (χ1v) is 7.11. The number of hydrogen-bond donors (Lipinski definition) is 1. The number of aryl methyl sites for hydroxylation is 3. The number of halogens is 1. The minimum absolute atomic E-state index is 0.124. The Balaban J connectivity index is 2.01. The Morgan fingerprint density at radius 2 is 1.61 bits per heavy atom. The molecule has 118 valence electrons. The maximum atomic E-state index is 12.9. The Kier molecular flexibility index (Phi) is 3.52. The third-order valence-corrected chi connectivity index (χ3v) is 3.97. The third kappa shape index (κ3) is 2.52. The zero-order chi connectivity index (χ0) is 16.7. The lowest BCUT2D eigenvalue weighted by atomic mass is 10.1. The Hall–Kier alpha value is -2.89. The predicted molar refractivity (Wildman–Crippen MR) is 87.3 cm³/mol. The van der Waals surface area contributed by atoms with Gasteiger partial charge in [-0.1, -0.05) is 0 Å². The molecule has 0 fully saturated rings. The Labute approximate surface area is 132 Å². The van der Waals surface area contributed by atoms with Gasteiger partial charge in [0.2, 0.25) is 0 Å². The second-order valence-electron chi connectivity index (χ2n) is 5.52. The van der Waals surface area contributed by atoms with Crippen molar-refractivity contribution in [3.05, 3.63) is 63.8 Å². The molecule has 0 unspecified atom stereocenters. The fourth-order valence-corrected chi connectivity index (χ4v) is 2.58. The van der Waals surface area contributed by atoms with Crippen molar-refractivity contribution in [3.8, 4) is 0 Å². The number of imidazole rings is 1. The summed E-state index contributed by atoms with van der Waals surface area (Å²) in [5, 5.41) is 2.81. The molecule has 0 radical (unpaired) electrons. The second-order valence-corrected chi connectivity index (χ2v) is 5.52. The highest BCUT2D eigenvalue weighted by Gasteiger charge is 2.13. The first-order chi connectivity index (χ1) is 10.9. The fraction of sp³-hybridized carbons (Fsp3) is 0.176. The van der Waals surface area contributed by atoms with E-state index in [-0.39, 0.29) is 11.6 Å². The summed E-state index contributed by atoms with van der Waals surface area (Å²) < 4.78 is 16.0. The predicted octanol–water partition coefficient (Wildman–Crippen LogP) is 2.58. The molecule has 0 bridgehead atoms. The molecule has 1 N–H and O–H groups in total. The van der Waals surface area contributed by atoms with Gasteiger partial charge in [0.25, 0.3) is 5.91 Å². The highest BCUT2D eigenvalue weighted by Crippen LogP contribution is 2.23. The molecule has 1 heterocycles. The molecule has 0 spiro atoms. The number of benzene rings is 2. The van der Waals surface area contributed by atoms with Crippen molar-refractivity contribution in [2.75, 3.05) is 5.32 Å². The van der Waals surface area contributed by atoms with Crippen LogP contribution in [0.5, 0.6) is 0 Å². The normalized spacial score (nSPS) is 11.0. The third-order valence-electron chi connectivity index (χ3n) is 3.97. The van der Waals surface area contributed by atoms with Crippen LogP contribution >= 0.6 is 0 Å². The van der Waals surface area contributed by atoms with Gasteiger partial charge in [0.05, 0.1) is 11.0 Å². The molecule has 0 saturated heterocycles. The molecule has 3 rings (SSSR count). The average Bonchev–Trinajstić information content (AvgIpc) is 2.73. The van der Waals surface area contributed by atoms with Crippen molar-refractivity contribution in [1.82, 2.24) is 9.13 Å². The van der Waals surface area contributed by atoms with Crippen LogP contribution in [0.15, 0.2) is 41.2 Å². The SMILES string of the molecule is Cc1cc2c(cc1NC(=O)c1ccc(F)cc1)n(C)c(=O)n2C. The lowest BCUT2D eigenvalue weighted by molar-refractivity contribution is 0.102. The van der Waals surface area contributed by atoms with Crippen LogP contribution in [0.25, 0.3) is 11.0 Å². The van der Waals surface area contributed by atoms with Gasteiger partial charge in [0, 0.05) is 25.3 Å². The number of carbonyl (C=O) groups is 1. The van der Waals surface area contributed by atoms with E-state index >= 15 is 0 Å². The van der Waals surface area contributed by atoms with E-state index in [2.05, 4.69) is 5.32 Å². The smallest absolute Gasteiger partial charge is 0.322 e. The molecule has 1 amide bonds. The number of nitrogens with zero attached hydrogens (tertiary/aromatic N) is 2. The van der Waals surface area contributed by atoms with Crippen LogP contribution in [0.2, 0.25) is 0 Å². The number of amides is 1. The Morgan fingerprint density at radius 1 is 1.04 bits per heavy atom. The molecular formula is C17H16FN3O2. The molecule has 23 heavy (non-hydrogen) atoms. The van der Waals surface area contributed by atoms with Crippen LogP contribution in [0.4, 0.5) is 10.1 Å². The largest absolute Gasteiger partial charge is 0.328 e. The lowest BCUT2D eigenvalue weighted by Gasteiger charge is -2.09. The summed E-state index contributed by atoms with van der Waals surface area (Å²) in [4.78, 5) is 24.3. The summed E-state index contributed by atoms with van der Waals surface area (Å²) in [6.07, 6.45) is 0. The molecule has 0 aliphatic carbocycles. The summed E-state index contributed by atoms with van der Waals surface area (Å²) in [6.45, 7) is 1.86. The van der Waals surface area contributed by atoms with E-state index in [1.54, 1.807) is 24.7 Å². The van der Waals surface area contributed by atoms with Crippen LogP contribution in [0, 0.1) is 12.7 Å². The summed E-state index contributed by atoms with van der Waals surface area (Å²) >= 11 is 0. The zero-order valence-electron chi connectivity index (χ0n) is 13.1. The second kappa shape index (κ2) is 5.39. The average molecular weight is 313 g/mol. The van der Waals surface area contributed by atoms with Crippen molar-refractivity contribution < 1.29 is 9.18 Å². The lowest BCUT2D eigenvalue weighted by Crippen LogP contribution is -2.19. The molecule has 0 atom stereocenters. The van der Waals surface area contributed by atoms with E-state index in [1.807, 2.05) is 13.0 Å². The van der Waals surface area contributed by atoms with Crippen LogP contribution in [-0.2, 0) is 14.1 Å². The van der Waals surface area contributed by atoms with Gasteiger partial charge in [0.15, 0.2) is 0 Å². The Morgan fingerprint density at radius 3 is 2.22 bits per heavy atom. The molecular weight excluding hydrogens is 297 g/mol.